The molecule has 4 aliphatic rings. The molecule has 8 rings (SSSR count). The average Bonchev–Trinajstić information content (AvgIpc) is 3.85. The second kappa shape index (κ2) is 17.7. The highest BCUT2D eigenvalue weighted by molar-refractivity contribution is 7.10. The highest BCUT2D eigenvalue weighted by Crippen LogP contribution is 2.42. The first-order valence-electron chi connectivity index (χ1n) is 22.0. The van der Waals surface area contributed by atoms with Crippen molar-refractivity contribution in [1.82, 2.24) is 35.0 Å². The summed E-state index contributed by atoms with van der Waals surface area (Å²) in [5.74, 6) is -1.35. The normalized spacial score (nSPS) is 21.4. The van der Waals surface area contributed by atoms with E-state index >= 15 is 4.79 Å². The van der Waals surface area contributed by atoms with Crippen molar-refractivity contribution in [3.63, 3.8) is 0 Å². The lowest BCUT2D eigenvalue weighted by atomic mass is 9.82. The molecule has 6 bridgehead atoms. The van der Waals surface area contributed by atoms with Crippen LogP contribution < -0.4 is 5.53 Å². The summed E-state index contributed by atoms with van der Waals surface area (Å²) in [5.41, 5.74) is 8.00. The molecular formula is C47H59N8O7S+. The number of hydrogen-bond donors (Lipinski definition) is 1. The summed E-state index contributed by atoms with van der Waals surface area (Å²) >= 11 is 1.46. The summed E-state index contributed by atoms with van der Waals surface area (Å²) in [7, 11) is 1.69. The third kappa shape index (κ3) is 8.33. The molecule has 63 heavy (non-hydrogen) atoms. The van der Waals surface area contributed by atoms with Crippen LogP contribution >= 0.6 is 11.3 Å². The molecular weight excluding hydrogens is 821 g/mol. The number of rotatable bonds is 10. The third-order valence-corrected chi connectivity index (χ3v) is 13.8. The largest absolute Gasteiger partial charge is 0.448 e. The quantitative estimate of drug-likeness (QED) is 0.144. The SMILES string of the molecule is C=CC(=O)N1CC(OC[C@H](C(=O)[N+]2=CC[C@@]23Cc2nc(cs2)-c2ccc4c(c2)c(c(-c2cccnc2[C@H](C)OC)n4CC)CC(C)(C)COC(=O)N2CCCN(N2)C3=O)C(C)C)C1. The smallest absolute Gasteiger partial charge is 0.425 e. The number of nitrogens with one attached hydrogen (secondary N) is 1. The van der Waals surface area contributed by atoms with E-state index in [0.717, 1.165) is 44.7 Å². The molecule has 1 spiro atoms. The highest BCUT2D eigenvalue weighted by Gasteiger charge is 2.62. The zero-order chi connectivity index (χ0) is 44.8. The molecule has 3 aromatic heterocycles. The summed E-state index contributed by atoms with van der Waals surface area (Å²) in [6, 6.07) is 10.5. The molecule has 3 atom stereocenters. The Kier molecular flexibility index (Phi) is 12.5. The molecule has 16 heteroatoms. The molecule has 4 aromatic rings. The van der Waals surface area contributed by atoms with Crippen molar-refractivity contribution >= 4 is 52.3 Å². The standard InChI is InChI=1S/C47H59N8O7S/c1-9-40(56)51-24-32(25-51)61-26-36(29(3)4)43(57)53-20-16-47(53)23-39-49-37(27-63-39)31-14-15-38-34(21-31)35(42(52(38)10-2)33-13-11-17-48-41(33)30(5)60-8)22-46(6,7)28-62-45(59)55-19-12-18-54(50-55)44(47)58/h9,11,13-15,17,20-21,27,29-30,32,36,50H,1,10,12,16,18-19,22-26,28H2,2-8H3/q+1/t30-,36-,47-/m0/s1. The Morgan fingerprint density at radius 1 is 1.13 bits per heavy atom. The lowest BCUT2D eigenvalue weighted by Crippen LogP contribution is -2.70. The van der Waals surface area contributed by atoms with Crippen LogP contribution in [0.4, 0.5) is 4.79 Å². The minimum atomic E-state index is -1.30. The third-order valence-electron chi connectivity index (χ3n) is 13.0. The lowest BCUT2D eigenvalue weighted by molar-refractivity contribution is -0.545. The Balaban J connectivity index is 1.19. The van der Waals surface area contributed by atoms with E-state index in [1.165, 1.54) is 27.4 Å². The number of ether oxygens (including phenoxy) is 3. The van der Waals surface area contributed by atoms with Gasteiger partial charge in [0.1, 0.15) is 17.3 Å². The number of hydrogen-bond acceptors (Lipinski definition) is 11. The van der Waals surface area contributed by atoms with Crippen LogP contribution in [0.15, 0.2) is 54.6 Å². The fourth-order valence-electron chi connectivity index (χ4n) is 9.20. The number of pyridine rings is 1. The van der Waals surface area contributed by atoms with Crippen LogP contribution in [0.5, 0.6) is 0 Å². The summed E-state index contributed by atoms with van der Waals surface area (Å²) < 4.78 is 22.0. The van der Waals surface area contributed by atoms with Gasteiger partial charge >= 0.3 is 17.9 Å². The maximum absolute atomic E-state index is 15.0. The Hall–Kier alpha value is -5.29. The van der Waals surface area contributed by atoms with Gasteiger partial charge in [-0.1, -0.05) is 40.3 Å². The monoisotopic (exact) mass is 879 g/mol. The van der Waals surface area contributed by atoms with Gasteiger partial charge in [-0.3, -0.25) is 19.6 Å². The van der Waals surface area contributed by atoms with Gasteiger partial charge in [-0.15, -0.1) is 16.9 Å². The fraction of sp³-hybridized carbons (Fsp3) is 0.511. The number of likely N-dealkylation sites (tertiary alicyclic amines) is 1. The number of cyclic esters (lactones) is 1. The van der Waals surface area contributed by atoms with E-state index in [2.05, 4.69) is 61.7 Å². The van der Waals surface area contributed by atoms with Crippen LogP contribution in [-0.2, 0) is 48.0 Å². The number of nitrogens with zero attached hydrogens (tertiary/aromatic N) is 7. The molecule has 1 N–H and O–H groups in total. The molecule has 7 heterocycles. The van der Waals surface area contributed by atoms with Crippen LogP contribution in [0.2, 0.25) is 0 Å². The maximum Gasteiger partial charge on any atom is 0.425 e. The van der Waals surface area contributed by atoms with E-state index < -0.39 is 23.0 Å². The Morgan fingerprint density at radius 3 is 2.60 bits per heavy atom. The van der Waals surface area contributed by atoms with Gasteiger partial charge in [0, 0.05) is 78.9 Å². The fourth-order valence-corrected chi connectivity index (χ4v) is 10.1. The number of aryl methyl sites for hydroxylation is 1. The number of carbonyl (C=O) groups excluding carboxylic acids is 4. The van der Waals surface area contributed by atoms with E-state index in [9.17, 15) is 14.4 Å². The van der Waals surface area contributed by atoms with Crippen LogP contribution in [0.1, 0.15) is 76.8 Å². The molecule has 2 fully saturated rings. The Bertz CT molecular complexity index is 2470. The number of thiazole rings is 1. The van der Waals surface area contributed by atoms with E-state index in [-0.39, 0.29) is 55.5 Å². The summed E-state index contributed by atoms with van der Waals surface area (Å²) in [6.07, 6.45) is 5.41. The minimum Gasteiger partial charge on any atom is -0.448 e. The molecule has 15 nitrogen and oxygen atoms in total. The van der Waals surface area contributed by atoms with Gasteiger partial charge in [0.15, 0.2) is 6.21 Å². The van der Waals surface area contributed by atoms with Crippen molar-refractivity contribution < 1.29 is 38.0 Å². The number of aromatic nitrogens is 3. The van der Waals surface area contributed by atoms with Gasteiger partial charge < -0.3 is 23.7 Å². The first kappa shape index (κ1) is 44.3. The second-order valence-electron chi connectivity index (χ2n) is 18.3. The minimum absolute atomic E-state index is 0.103. The number of amides is 4. The zero-order valence-corrected chi connectivity index (χ0v) is 38.2. The number of carbonyl (C=O) groups is 4. The first-order valence-corrected chi connectivity index (χ1v) is 22.9. The summed E-state index contributed by atoms with van der Waals surface area (Å²) in [6.45, 7) is 18.3. The number of fused-ring (bicyclic) bond motifs is 6. The molecule has 1 aromatic carbocycles. The van der Waals surface area contributed by atoms with Gasteiger partial charge in [-0.05, 0) is 68.5 Å². The predicted molar refractivity (Wildman–Crippen MR) is 240 cm³/mol. The Morgan fingerprint density at radius 2 is 1.90 bits per heavy atom. The van der Waals surface area contributed by atoms with Crippen molar-refractivity contribution in [3.8, 4) is 22.5 Å². The van der Waals surface area contributed by atoms with Gasteiger partial charge in [0.05, 0.1) is 48.9 Å². The first-order chi connectivity index (χ1) is 30.2. The van der Waals surface area contributed by atoms with Gasteiger partial charge in [-0.25, -0.2) is 19.6 Å². The Labute approximate surface area is 372 Å². The van der Waals surface area contributed by atoms with Crippen molar-refractivity contribution in [2.24, 2.45) is 17.3 Å². The van der Waals surface area contributed by atoms with Crippen molar-refractivity contribution in [2.75, 3.05) is 46.5 Å². The summed E-state index contributed by atoms with van der Waals surface area (Å²) in [5, 5.41) is 6.60. The van der Waals surface area contributed by atoms with Gasteiger partial charge in [-0.2, -0.15) is 4.58 Å². The maximum atomic E-state index is 15.0. The van der Waals surface area contributed by atoms with Crippen LogP contribution in [0, 0.1) is 17.3 Å². The van der Waals surface area contributed by atoms with Crippen molar-refractivity contribution in [3.05, 3.63) is 70.8 Å². The number of methoxy groups -OCH3 is 1. The van der Waals surface area contributed by atoms with Gasteiger partial charge in [0.2, 0.25) is 5.91 Å². The topological polar surface area (TPSA) is 151 Å². The average molecular weight is 880 g/mol. The molecule has 0 unspecified atom stereocenters. The predicted octanol–water partition coefficient (Wildman–Crippen LogP) is 6.21. The molecule has 2 saturated heterocycles. The van der Waals surface area contributed by atoms with Crippen LogP contribution in [-0.4, -0.2) is 122 Å². The van der Waals surface area contributed by atoms with Crippen molar-refractivity contribution in [1.29, 1.82) is 0 Å². The highest BCUT2D eigenvalue weighted by atomic mass is 32.1. The zero-order valence-electron chi connectivity index (χ0n) is 37.4. The lowest BCUT2D eigenvalue weighted by Gasteiger charge is -2.41. The molecule has 4 amide bonds. The second-order valence-corrected chi connectivity index (χ2v) is 19.2. The molecule has 0 saturated carbocycles. The molecule has 334 valence electrons. The number of benzene rings is 1. The molecule has 4 aliphatic heterocycles. The van der Waals surface area contributed by atoms with Crippen molar-refractivity contribution in [2.45, 2.75) is 91.5 Å². The van der Waals surface area contributed by atoms with Crippen LogP contribution in [0.25, 0.3) is 33.4 Å². The molecule has 0 aliphatic carbocycles. The van der Waals surface area contributed by atoms with E-state index in [4.69, 9.17) is 24.2 Å². The summed E-state index contributed by atoms with van der Waals surface area (Å²) in [4.78, 5) is 67.2. The number of hydrazine groups is 2. The van der Waals surface area contributed by atoms with E-state index in [1.807, 2.05) is 32.2 Å². The van der Waals surface area contributed by atoms with Crippen LogP contribution in [0.3, 0.4) is 0 Å². The van der Waals surface area contributed by atoms with Gasteiger partial charge in [0.25, 0.3) is 5.54 Å². The molecule has 0 radical (unpaired) electrons. The van der Waals surface area contributed by atoms with E-state index in [1.54, 1.807) is 29.0 Å². The van der Waals surface area contributed by atoms with E-state index in [0.29, 0.717) is 57.0 Å².